The molecule has 2 heterocycles. The summed E-state index contributed by atoms with van der Waals surface area (Å²) >= 11 is 11.7. The van der Waals surface area contributed by atoms with Crippen molar-refractivity contribution in [3.63, 3.8) is 0 Å². The van der Waals surface area contributed by atoms with Gasteiger partial charge in [0, 0.05) is 13.1 Å². The van der Waals surface area contributed by atoms with Crippen molar-refractivity contribution in [3.05, 3.63) is 33.8 Å². The molecule has 7 nitrogen and oxygen atoms in total. The number of nitrogens with zero attached hydrogens (tertiary/aromatic N) is 3. The van der Waals surface area contributed by atoms with Gasteiger partial charge in [0.25, 0.3) is 0 Å². The van der Waals surface area contributed by atoms with E-state index >= 15 is 0 Å². The number of ether oxygens (including phenoxy) is 1. The third-order valence-electron chi connectivity index (χ3n) is 3.28. The minimum Gasteiger partial charge on any atom is -0.394 e. The summed E-state index contributed by atoms with van der Waals surface area (Å²) in [6.07, 6.45) is 0. The van der Waals surface area contributed by atoms with Crippen LogP contribution < -0.4 is 4.90 Å². The number of hydrogen-bond donors (Lipinski definition) is 0. The molecule has 1 aliphatic heterocycles. The summed E-state index contributed by atoms with van der Waals surface area (Å²) < 4.78 is 35.3. The topological polar surface area (TPSA) is 85.5 Å². The second-order valence-electron chi connectivity index (χ2n) is 4.96. The van der Waals surface area contributed by atoms with Gasteiger partial charge in [-0.25, -0.2) is 8.42 Å². The largest absolute Gasteiger partial charge is 0.394 e. The highest BCUT2D eigenvalue weighted by Gasteiger charge is 2.26. The molecular weight excluding hydrogens is 365 g/mol. The zero-order chi connectivity index (χ0) is 16.4. The van der Waals surface area contributed by atoms with Gasteiger partial charge in [0.1, 0.15) is 0 Å². The quantitative estimate of drug-likeness (QED) is 0.806. The summed E-state index contributed by atoms with van der Waals surface area (Å²) in [5.74, 6) is -0.297. The fourth-order valence-electron chi connectivity index (χ4n) is 2.12. The molecule has 0 radical (unpaired) electrons. The molecule has 3 rings (SSSR count). The summed E-state index contributed by atoms with van der Waals surface area (Å²) in [5.41, 5.74) is 0.491. The van der Waals surface area contributed by atoms with Crippen molar-refractivity contribution in [2.24, 2.45) is 0 Å². The Hall–Kier alpha value is -1.35. The first-order chi connectivity index (χ1) is 11.0. The van der Waals surface area contributed by atoms with E-state index in [1.54, 1.807) is 17.0 Å². The predicted octanol–water partition coefficient (Wildman–Crippen LogP) is 2.19. The van der Waals surface area contributed by atoms with Gasteiger partial charge in [-0.1, -0.05) is 39.5 Å². The average molecular weight is 378 g/mol. The Morgan fingerprint density at radius 1 is 1.13 bits per heavy atom. The number of benzene rings is 1. The molecule has 2 aromatic rings. The lowest BCUT2D eigenvalue weighted by molar-refractivity contribution is 0.120. The molecule has 10 heteroatoms. The highest BCUT2D eigenvalue weighted by atomic mass is 35.5. The Bertz CT molecular complexity index is 803. The van der Waals surface area contributed by atoms with E-state index in [1.165, 1.54) is 6.07 Å². The summed E-state index contributed by atoms with van der Waals surface area (Å²) in [7, 11) is -3.76. The van der Waals surface area contributed by atoms with Crippen LogP contribution in [0.15, 0.2) is 27.8 Å². The van der Waals surface area contributed by atoms with Gasteiger partial charge < -0.3 is 14.1 Å². The SMILES string of the molecule is O=S(=O)(Cc1ccc(Cl)c(Cl)c1)c1nnc(N2CCOCC2)o1. The number of halogens is 2. The fraction of sp³-hybridized carbons (Fsp3) is 0.385. The van der Waals surface area contributed by atoms with Crippen LogP contribution in [0.4, 0.5) is 6.01 Å². The van der Waals surface area contributed by atoms with Gasteiger partial charge in [-0.15, -0.1) is 0 Å². The Labute approximate surface area is 143 Å². The first-order valence-corrected chi connectivity index (χ1v) is 9.19. The highest BCUT2D eigenvalue weighted by Crippen LogP contribution is 2.25. The van der Waals surface area contributed by atoms with Crippen LogP contribution in [0.25, 0.3) is 0 Å². The minimum absolute atomic E-state index is 0.181. The molecule has 0 atom stereocenters. The van der Waals surface area contributed by atoms with Gasteiger partial charge in [0.05, 0.1) is 29.0 Å². The molecule has 1 fully saturated rings. The van der Waals surface area contributed by atoms with Crippen LogP contribution in [-0.4, -0.2) is 44.9 Å². The van der Waals surface area contributed by atoms with Crippen LogP contribution in [-0.2, 0) is 20.3 Å². The lowest BCUT2D eigenvalue weighted by Crippen LogP contribution is -2.36. The molecule has 1 saturated heterocycles. The van der Waals surface area contributed by atoms with Crippen LogP contribution in [0.3, 0.4) is 0 Å². The molecule has 0 unspecified atom stereocenters. The Morgan fingerprint density at radius 3 is 2.57 bits per heavy atom. The molecule has 0 amide bonds. The van der Waals surface area contributed by atoms with Crippen LogP contribution in [0, 0.1) is 0 Å². The molecule has 1 aromatic heterocycles. The maximum Gasteiger partial charge on any atom is 0.337 e. The van der Waals surface area contributed by atoms with Crippen LogP contribution in [0.5, 0.6) is 0 Å². The van der Waals surface area contributed by atoms with E-state index in [9.17, 15) is 8.42 Å². The molecule has 0 N–H and O–H groups in total. The lowest BCUT2D eigenvalue weighted by atomic mass is 10.2. The van der Waals surface area contributed by atoms with Crippen molar-refractivity contribution >= 4 is 39.1 Å². The van der Waals surface area contributed by atoms with E-state index in [2.05, 4.69) is 10.2 Å². The number of anilines is 1. The summed E-state index contributed by atoms with van der Waals surface area (Å²) in [6.45, 7) is 2.23. The number of rotatable bonds is 4. The van der Waals surface area contributed by atoms with E-state index in [4.69, 9.17) is 32.4 Å². The fourth-order valence-corrected chi connectivity index (χ4v) is 3.55. The van der Waals surface area contributed by atoms with E-state index < -0.39 is 15.1 Å². The number of hydrogen-bond acceptors (Lipinski definition) is 7. The van der Waals surface area contributed by atoms with Crippen LogP contribution in [0.1, 0.15) is 5.56 Å². The van der Waals surface area contributed by atoms with Crippen molar-refractivity contribution in [3.8, 4) is 0 Å². The van der Waals surface area contributed by atoms with E-state index in [0.717, 1.165) is 0 Å². The average Bonchev–Trinajstić information content (AvgIpc) is 3.02. The zero-order valence-electron chi connectivity index (χ0n) is 11.9. The number of morpholine rings is 1. The van der Waals surface area contributed by atoms with Gasteiger partial charge in [-0.3, -0.25) is 0 Å². The summed E-state index contributed by atoms with van der Waals surface area (Å²) in [5, 5.41) is 7.70. The monoisotopic (exact) mass is 377 g/mol. The standard InChI is InChI=1S/C13H13Cl2N3O4S/c14-10-2-1-9(7-11(10)15)8-23(19,20)13-17-16-12(22-13)18-3-5-21-6-4-18/h1-2,7H,3-6,8H2. The molecule has 0 aliphatic carbocycles. The van der Waals surface area contributed by atoms with Crippen LogP contribution >= 0.6 is 23.2 Å². The van der Waals surface area contributed by atoms with Gasteiger partial charge >= 0.3 is 11.2 Å². The molecular formula is C13H13Cl2N3O4S. The second kappa shape index (κ2) is 6.64. The van der Waals surface area contributed by atoms with Crippen molar-refractivity contribution in [2.45, 2.75) is 11.0 Å². The second-order valence-corrected chi connectivity index (χ2v) is 7.64. The van der Waals surface area contributed by atoms with Gasteiger partial charge in [0.2, 0.25) is 9.84 Å². The maximum atomic E-state index is 12.4. The molecule has 1 aromatic carbocycles. The van der Waals surface area contributed by atoms with E-state index in [0.29, 0.717) is 41.9 Å². The van der Waals surface area contributed by atoms with Crippen molar-refractivity contribution in [1.82, 2.24) is 10.2 Å². The minimum atomic E-state index is -3.76. The smallest absolute Gasteiger partial charge is 0.337 e. The van der Waals surface area contributed by atoms with Crippen molar-refractivity contribution in [1.29, 1.82) is 0 Å². The Morgan fingerprint density at radius 2 is 1.87 bits per heavy atom. The first kappa shape index (κ1) is 16.5. The summed E-state index contributed by atoms with van der Waals surface area (Å²) in [4.78, 5) is 1.79. The van der Waals surface area contributed by atoms with Crippen molar-refractivity contribution < 1.29 is 17.6 Å². The molecule has 124 valence electrons. The van der Waals surface area contributed by atoms with Gasteiger partial charge in [-0.2, -0.15) is 0 Å². The van der Waals surface area contributed by atoms with E-state index in [1.807, 2.05) is 0 Å². The van der Waals surface area contributed by atoms with E-state index in [-0.39, 0.29) is 11.8 Å². The molecule has 0 spiro atoms. The Balaban J connectivity index is 1.79. The molecule has 0 saturated carbocycles. The third kappa shape index (κ3) is 3.77. The van der Waals surface area contributed by atoms with Gasteiger partial charge in [-0.05, 0) is 17.7 Å². The molecule has 23 heavy (non-hydrogen) atoms. The van der Waals surface area contributed by atoms with Crippen molar-refractivity contribution in [2.75, 3.05) is 31.2 Å². The lowest BCUT2D eigenvalue weighted by Gasteiger charge is -2.24. The van der Waals surface area contributed by atoms with Crippen LogP contribution in [0.2, 0.25) is 10.0 Å². The normalized spacial score (nSPS) is 15.8. The molecule has 0 bridgehead atoms. The highest BCUT2D eigenvalue weighted by molar-refractivity contribution is 7.90. The molecule has 1 aliphatic rings. The number of sulfone groups is 1. The first-order valence-electron chi connectivity index (χ1n) is 6.78. The third-order valence-corrected chi connectivity index (χ3v) is 5.43. The predicted molar refractivity (Wildman–Crippen MR) is 84.7 cm³/mol. The Kier molecular flexibility index (Phi) is 4.77. The summed E-state index contributed by atoms with van der Waals surface area (Å²) in [6, 6.07) is 4.81. The number of aromatic nitrogens is 2. The maximum absolute atomic E-state index is 12.4. The van der Waals surface area contributed by atoms with Gasteiger partial charge in [0.15, 0.2) is 0 Å². The zero-order valence-corrected chi connectivity index (χ0v) is 14.2.